The molecule has 0 aromatic carbocycles. The minimum Gasteiger partial charge on any atom is -0.345 e. The highest BCUT2D eigenvalue weighted by molar-refractivity contribution is 5.90. The summed E-state index contributed by atoms with van der Waals surface area (Å²) in [4.78, 5) is 15.4. The van der Waals surface area contributed by atoms with Crippen LogP contribution in [0, 0.1) is 0 Å². The van der Waals surface area contributed by atoms with Crippen molar-refractivity contribution in [2.24, 2.45) is 0 Å². The van der Waals surface area contributed by atoms with Crippen molar-refractivity contribution in [3.05, 3.63) is 12.2 Å². The molecule has 1 fully saturated rings. The van der Waals surface area contributed by atoms with Crippen LogP contribution in [0.1, 0.15) is 29.9 Å². The van der Waals surface area contributed by atoms with Gasteiger partial charge in [0.15, 0.2) is 0 Å². The highest BCUT2D eigenvalue weighted by Gasteiger charge is 2.16. The van der Waals surface area contributed by atoms with Crippen LogP contribution in [0.25, 0.3) is 0 Å². The van der Waals surface area contributed by atoms with Crippen LogP contribution in [0.15, 0.2) is 6.33 Å². The highest BCUT2D eigenvalue weighted by Crippen LogP contribution is 2.04. The summed E-state index contributed by atoms with van der Waals surface area (Å²) in [5.74, 6) is 0.0976. The Labute approximate surface area is 87.9 Å². The van der Waals surface area contributed by atoms with Gasteiger partial charge in [0, 0.05) is 12.6 Å². The number of aromatic nitrogens is 3. The van der Waals surface area contributed by atoms with E-state index < -0.39 is 0 Å². The summed E-state index contributed by atoms with van der Waals surface area (Å²) in [6, 6.07) is 0.199. The first-order chi connectivity index (χ1) is 7.36. The van der Waals surface area contributed by atoms with E-state index in [-0.39, 0.29) is 17.8 Å². The molecular weight excluding hydrogens is 194 g/mol. The van der Waals surface area contributed by atoms with Gasteiger partial charge in [-0.3, -0.25) is 9.89 Å². The summed E-state index contributed by atoms with van der Waals surface area (Å²) in [6.07, 6.45) is 4.68. The fourth-order valence-corrected chi connectivity index (χ4v) is 1.71. The zero-order chi connectivity index (χ0) is 10.5. The van der Waals surface area contributed by atoms with Gasteiger partial charge in [0.05, 0.1) is 0 Å². The van der Waals surface area contributed by atoms with Crippen LogP contribution in [0.3, 0.4) is 0 Å². The Kier molecular flexibility index (Phi) is 3.29. The molecule has 1 saturated heterocycles. The first-order valence-corrected chi connectivity index (χ1v) is 5.23. The van der Waals surface area contributed by atoms with E-state index in [1.165, 1.54) is 12.7 Å². The van der Waals surface area contributed by atoms with Gasteiger partial charge in [0.2, 0.25) is 5.82 Å². The molecular formula is C9H15N5O. The maximum absolute atomic E-state index is 11.6. The SMILES string of the molecule is O=C(NC1CCCCNC1)c1ncn[nH]1. The third kappa shape index (κ3) is 2.76. The van der Waals surface area contributed by atoms with Crippen molar-refractivity contribution in [2.45, 2.75) is 25.3 Å². The zero-order valence-electron chi connectivity index (χ0n) is 8.49. The predicted molar refractivity (Wildman–Crippen MR) is 54.4 cm³/mol. The van der Waals surface area contributed by atoms with E-state index in [1.807, 2.05) is 0 Å². The van der Waals surface area contributed by atoms with Gasteiger partial charge in [-0.1, -0.05) is 6.42 Å². The molecule has 0 saturated carbocycles. The monoisotopic (exact) mass is 209 g/mol. The Bertz CT molecular complexity index is 302. The van der Waals surface area contributed by atoms with Gasteiger partial charge in [-0.05, 0) is 19.4 Å². The minimum atomic E-state index is -0.179. The quantitative estimate of drug-likeness (QED) is 0.623. The maximum Gasteiger partial charge on any atom is 0.288 e. The topological polar surface area (TPSA) is 82.7 Å². The molecule has 2 rings (SSSR count). The second-order valence-corrected chi connectivity index (χ2v) is 3.70. The van der Waals surface area contributed by atoms with E-state index in [9.17, 15) is 4.79 Å². The molecule has 1 amide bonds. The van der Waals surface area contributed by atoms with Gasteiger partial charge < -0.3 is 10.6 Å². The number of carbonyl (C=O) groups excluding carboxylic acids is 1. The lowest BCUT2D eigenvalue weighted by molar-refractivity contribution is 0.0925. The molecule has 1 atom stereocenters. The van der Waals surface area contributed by atoms with Crippen LogP contribution in [0.5, 0.6) is 0 Å². The predicted octanol–water partition coefficient (Wildman–Crippen LogP) is -0.323. The van der Waals surface area contributed by atoms with E-state index in [2.05, 4.69) is 25.8 Å². The molecule has 1 aromatic rings. The van der Waals surface area contributed by atoms with Crippen molar-refractivity contribution in [1.82, 2.24) is 25.8 Å². The van der Waals surface area contributed by atoms with Gasteiger partial charge in [-0.2, -0.15) is 5.10 Å². The largest absolute Gasteiger partial charge is 0.345 e. The molecule has 0 bridgehead atoms. The molecule has 15 heavy (non-hydrogen) atoms. The van der Waals surface area contributed by atoms with Crippen LogP contribution in [-0.4, -0.2) is 40.2 Å². The number of hydrogen-bond donors (Lipinski definition) is 3. The molecule has 6 nitrogen and oxygen atoms in total. The molecule has 2 heterocycles. The van der Waals surface area contributed by atoms with Crippen LogP contribution in [0.4, 0.5) is 0 Å². The molecule has 0 spiro atoms. The lowest BCUT2D eigenvalue weighted by Gasteiger charge is -2.14. The first-order valence-electron chi connectivity index (χ1n) is 5.23. The molecule has 1 unspecified atom stereocenters. The van der Waals surface area contributed by atoms with Crippen molar-refractivity contribution < 1.29 is 4.79 Å². The van der Waals surface area contributed by atoms with Gasteiger partial charge in [-0.25, -0.2) is 4.98 Å². The number of aromatic amines is 1. The molecule has 1 aliphatic rings. The van der Waals surface area contributed by atoms with Crippen molar-refractivity contribution in [3.8, 4) is 0 Å². The smallest absolute Gasteiger partial charge is 0.288 e. The Morgan fingerprint density at radius 1 is 1.53 bits per heavy atom. The average molecular weight is 209 g/mol. The van der Waals surface area contributed by atoms with E-state index in [1.54, 1.807) is 0 Å². The summed E-state index contributed by atoms with van der Waals surface area (Å²) in [5.41, 5.74) is 0. The van der Waals surface area contributed by atoms with Crippen molar-refractivity contribution in [3.63, 3.8) is 0 Å². The highest BCUT2D eigenvalue weighted by atomic mass is 16.2. The third-order valence-electron chi connectivity index (χ3n) is 2.51. The molecule has 3 N–H and O–H groups in total. The zero-order valence-corrected chi connectivity index (χ0v) is 8.49. The number of amides is 1. The lowest BCUT2D eigenvalue weighted by atomic mass is 10.1. The van der Waals surface area contributed by atoms with Crippen molar-refractivity contribution >= 4 is 5.91 Å². The summed E-state index contributed by atoms with van der Waals surface area (Å²) < 4.78 is 0. The van der Waals surface area contributed by atoms with E-state index >= 15 is 0 Å². The van der Waals surface area contributed by atoms with E-state index in [4.69, 9.17) is 0 Å². The van der Waals surface area contributed by atoms with Crippen LogP contribution in [0.2, 0.25) is 0 Å². The standard InChI is InChI=1S/C9H15N5O/c15-9(8-11-6-12-14-8)13-7-3-1-2-4-10-5-7/h6-7,10H,1-5H2,(H,13,15)(H,11,12,14). The molecule has 0 radical (unpaired) electrons. The molecule has 82 valence electrons. The number of nitrogens with one attached hydrogen (secondary N) is 3. The lowest BCUT2D eigenvalue weighted by Crippen LogP contribution is -2.41. The number of nitrogens with zero attached hydrogens (tertiary/aromatic N) is 2. The molecule has 1 aliphatic heterocycles. The van der Waals surface area contributed by atoms with Crippen LogP contribution < -0.4 is 10.6 Å². The first kappa shape index (κ1) is 10.1. The minimum absolute atomic E-state index is 0.179. The van der Waals surface area contributed by atoms with Gasteiger partial charge >= 0.3 is 0 Å². The number of H-pyrrole nitrogens is 1. The number of carbonyl (C=O) groups is 1. The Morgan fingerprint density at radius 2 is 2.47 bits per heavy atom. The van der Waals surface area contributed by atoms with Gasteiger partial charge in [0.1, 0.15) is 6.33 Å². The second-order valence-electron chi connectivity index (χ2n) is 3.70. The average Bonchev–Trinajstić information content (AvgIpc) is 2.65. The van der Waals surface area contributed by atoms with E-state index in [0.29, 0.717) is 0 Å². The Balaban J connectivity index is 1.87. The molecule has 1 aromatic heterocycles. The molecule has 0 aliphatic carbocycles. The summed E-state index contributed by atoms with van der Waals surface area (Å²) in [5, 5.41) is 12.4. The summed E-state index contributed by atoms with van der Waals surface area (Å²) in [6.45, 7) is 1.87. The van der Waals surface area contributed by atoms with Crippen LogP contribution >= 0.6 is 0 Å². The van der Waals surface area contributed by atoms with E-state index in [0.717, 1.165) is 25.9 Å². The van der Waals surface area contributed by atoms with Gasteiger partial charge in [0.25, 0.3) is 5.91 Å². The second kappa shape index (κ2) is 4.88. The fraction of sp³-hybridized carbons (Fsp3) is 0.667. The summed E-state index contributed by atoms with van der Waals surface area (Å²) >= 11 is 0. The van der Waals surface area contributed by atoms with Crippen molar-refractivity contribution in [1.29, 1.82) is 0 Å². The van der Waals surface area contributed by atoms with Gasteiger partial charge in [-0.15, -0.1) is 0 Å². The Morgan fingerprint density at radius 3 is 3.27 bits per heavy atom. The fourth-order valence-electron chi connectivity index (χ4n) is 1.71. The number of hydrogen-bond acceptors (Lipinski definition) is 4. The Hall–Kier alpha value is -1.43. The summed E-state index contributed by atoms with van der Waals surface area (Å²) in [7, 11) is 0. The molecule has 6 heteroatoms. The van der Waals surface area contributed by atoms with Crippen LogP contribution in [-0.2, 0) is 0 Å². The number of rotatable bonds is 2. The van der Waals surface area contributed by atoms with Crippen molar-refractivity contribution in [2.75, 3.05) is 13.1 Å². The third-order valence-corrected chi connectivity index (χ3v) is 2.51. The normalized spacial score (nSPS) is 22.0. The maximum atomic E-state index is 11.6.